The summed E-state index contributed by atoms with van der Waals surface area (Å²) in [6, 6.07) is 5.74. The van der Waals surface area contributed by atoms with Crippen molar-refractivity contribution >= 4 is 21.7 Å². The molecule has 0 atom stereocenters. The molecule has 1 saturated carbocycles. The second kappa shape index (κ2) is 7.34. The van der Waals surface area contributed by atoms with Gasteiger partial charge >= 0.3 is 5.97 Å². The first-order valence-corrected chi connectivity index (χ1v) is 9.85. The quantitative estimate of drug-likeness (QED) is 0.792. The van der Waals surface area contributed by atoms with Gasteiger partial charge in [-0.25, -0.2) is 13.2 Å². The van der Waals surface area contributed by atoms with Gasteiger partial charge in [0, 0.05) is 5.56 Å². The highest BCUT2D eigenvalue weighted by molar-refractivity contribution is 7.91. The van der Waals surface area contributed by atoms with Crippen molar-refractivity contribution in [2.24, 2.45) is 0 Å². The van der Waals surface area contributed by atoms with Crippen molar-refractivity contribution in [2.75, 3.05) is 5.75 Å². The van der Waals surface area contributed by atoms with Gasteiger partial charge in [-0.1, -0.05) is 38.7 Å². The van der Waals surface area contributed by atoms with Gasteiger partial charge in [-0.3, -0.25) is 4.79 Å². The molecule has 1 aliphatic carbocycles. The summed E-state index contributed by atoms with van der Waals surface area (Å²) in [6.45, 7) is 1.53. The molecule has 2 rings (SSSR count). The number of amides is 1. The minimum Gasteiger partial charge on any atom is -0.480 e. The monoisotopic (exact) mass is 353 g/mol. The normalized spacial score (nSPS) is 17.7. The predicted octanol–water partition coefficient (Wildman–Crippen LogP) is 2.39. The number of sulfone groups is 1. The first-order chi connectivity index (χ1) is 11.3. The van der Waals surface area contributed by atoms with Crippen LogP contribution in [-0.2, 0) is 14.6 Å². The molecule has 1 aliphatic rings. The molecule has 6 nitrogen and oxygen atoms in total. The van der Waals surface area contributed by atoms with Gasteiger partial charge in [0.1, 0.15) is 5.54 Å². The minimum atomic E-state index is -3.42. The number of carbonyl (C=O) groups excluding carboxylic acids is 1. The molecule has 0 unspecified atom stereocenters. The average Bonchev–Trinajstić information content (AvgIpc) is 2.81. The van der Waals surface area contributed by atoms with Gasteiger partial charge in [-0.2, -0.15) is 0 Å². The van der Waals surface area contributed by atoms with E-state index >= 15 is 0 Å². The first-order valence-electron chi connectivity index (χ1n) is 8.19. The Hall–Kier alpha value is -1.89. The summed E-state index contributed by atoms with van der Waals surface area (Å²) in [5.41, 5.74) is -1.11. The van der Waals surface area contributed by atoms with Crippen LogP contribution in [0.25, 0.3) is 0 Å². The van der Waals surface area contributed by atoms with Crippen molar-refractivity contribution in [2.45, 2.75) is 55.9 Å². The maximum atomic E-state index is 12.5. The molecular weight excluding hydrogens is 330 g/mol. The van der Waals surface area contributed by atoms with E-state index in [4.69, 9.17) is 0 Å². The Bertz CT molecular complexity index is 718. The fourth-order valence-corrected chi connectivity index (χ4v) is 3.94. The fourth-order valence-electron chi connectivity index (χ4n) is 3.01. The van der Waals surface area contributed by atoms with Gasteiger partial charge in [0.2, 0.25) is 0 Å². The number of nitrogens with one attached hydrogen (secondary N) is 1. The van der Waals surface area contributed by atoms with Crippen molar-refractivity contribution in [3.63, 3.8) is 0 Å². The van der Waals surface area contributed by atoms with Crippen LogP contribution in [0.15, 0.2) is 29.2 Å². The van der Waals surface area contributed by atoms with Crippen molar-refractivity contribution in [3.05, 3.63) is 29.8 Å². The van der Waals surface area contributed by atoms with Crippen LogP contribution in [0.1, 0.15) is 55.8 Å². The molecule has 1 aromatic carbocycles. The summed E-state index contributed by atoms with van der Waals surface area (Å²) in [5.74, 6) is -1.64. The lowest BCUT2D eigenvalue weighted by atomic mass is 9.90. The molecular formula is C17H23NO5S. The molecule has 2 N–H and O–H groups in total. The molecule has 1 fully saturated rings. The SMILES string of the molecule is CCS(=O)(=O)c1cccc(C(=O)NC2(C(=O)O)CCCCCC2)c1. The van der Waals surface area contributed by atoms with Gasteiger partial charge in [0.15, 0.2) is 9.84 Å². The Kier molecular flexibility index (Phi) is 5.64. The predicted molar refractivity (Wildman–Crippen MR) is 89.7 cm³/mol. The number of aliphatic carboxylic acids is 1. The number of benzene rings is 1. The van der Waals surface area contributed by atoms with E-state index in [0.717, 1.165) is 25.7 Å². The van der Waals surface area contributed by atoms with Crippen LogP contribution in [-0.4, -0.2) is 36.7 Å². The summed E-state index contributed by atoms with van der Waals surface area (Å²) in [6.07, 6.45) is 4.18. The van der Waals surface area contributed by atoms with E-state index in [9.17, 15) is 23.1 Å². The van der Waals surface area contributed by atoms with Crippen molar-refractivity contribution in [3.8, 4) is 0 Å². The fraction of sp³-hybridized carbons (Fsp3) is 0.529. The Morgan fingerprint density at radius 2 is 1.79 bits per heavy atom. The molecule has 24 heavy (non-hydrogen) atoms. The summed E-state index contributed by atoms with van der Waals surface area (Å²) >= 11 is 0. The number of rotatable bonds is 5. The molecule has 1 amide bonds. The third-order valence-electron chi connectivity index (χ3n) is 4.55. The van der Waals surface area contributed by atoms with Gasteiger partial charge in [-0.15, -0.1) is 0 Å². The highest BCUT2D eigenvalue weighted by Crippen LogP contribution is 2.28. The van der Waals surface area contributed by atoms with Crippen LogP contribution in [0.2, 0.25) is 0 Å². The average molecular weight is 353 g/mol. The summed E-state index contributed by atoms with van der Waals surface area (Å²) < 4.78 is 23.9. The smallest absolute Gasteiger partial charge is 0.329 e. The molecule has 0 aromatic heterocycles. The maximum absolute atomic E-state index is 12.5. The van der Waals surface area contributed by atoms with Crippen LogP contribution < -0.4 is 5.32 Å². The molecule has 1 aromatic rings. The van der Waals surface area contributed by atoms with Crippen LogP contribution in [0.4, 0.5) is 0 Å². The number of hydrogen-bond acceptors (Lipinski definition) is 4. The Morgan fingerprint density at radius 1 is 1.17 bits per heavy atom. The third-order valence-corrected chi connectivity index (χ3v) is 6.29. The first kappa shape index (κ1) is 18.4. The van der Waals surface area contributed by atoms with E-state index < -0.39 is 27.3 Å². The Labute approximate surface area is 142 Å². The van der Waals surface area contributed by atoms with Gasteiger partial charge in [0.05, 0.1) is 10.6 Å². The molecule has 0 saturated heterocycles. The van der Waals surface area contributed by atoms with E-state index in [1.165, 1.54) is 31.2 Å². The van der Waals surface area contributed by atoms with Gasteiger partial charge in [-0.05, 0) is 31.0 Å². The topological polar surface area (TPSA) is 101 Å². The number of carboxylic acid groups (broad SMARTS) is 1. The summed E-state index contributed by atoms with van der Waals surface area (Å²) in [4.78, 5) is 24.4. The van der Waals surface area contributed by atoms with E-state index in [-0.39, 0.29) is 16.2 Å². The van der Waals surface area contributed by atoms with Crippen molar-refractivity contribution in [1.82, 2.24) is 5.32 Å². The largest absolute Gasteiger partial charge is 0.480 e. The lowest BCUT2D eigenvalue weighted by molar-refractivity contribution is -0.145. The van der Waals surface area contributed by atoms with Crippen LogP contribution in [0.5, 0.6) is 0 Å². The lowest BCUT2D eigenvalue weighted by Gasteiger charge is -2.29. The van der Waals surface area contributed by atoms with E-state index in [1.54, 1.807) is 0 Å². The lowest BCUT2D eigenvalue weighted by Crippen LogP contribution is -2.54. The van der Waals surface area contributed by atoms with Gasteiger partial charge < -0.3 is 10.4 Å². The molecule has 0 spiro atoms. The zero-order chi connectivity index (χ0) is 17.8. The third kappa shape index (κ3) is 3.95. The maximum Gasteiger partial charge on any atom is 0.329 e. The van der Waals surface area contributed by atoms with E-state index in [0.29, 0.717) is 12.8 Å². The Morgan fingerprint density at radius 3 is 2.33 bits per heavy atom. The zero-order valence-electron chi connectivity index (χ0n) is 13.7. The zero-order valence-corrected chi connectivity index (χ0v) is 14.6. The van der Waals surface area contributed by atoms with Crippen molar-refractivity contribution < 1.29 is 23.1 Å². The molecule has 0 heterocycles. The second-order valence-corrected chi connectivity index (χ2v) is 8.47. The molecule has 0 bridgehead atoms. The van der Waals surface area contributed by atoms with Gasteiger partial charge in [0.25, 0.3) is 5.91 Å². The van der Waals surface area contributed by atoms with Crippen LogP contribution in [0.3, 0.4) is 0 Å². The van der Waals surface area contributed by atoms with Crippen LogP contribution >= 0.6 is 0 Å². The number of carboxylic acids is 1. The summed E-state index contributed by atoms with van der Waals surface area (Å²) in [7, 11) is -3.42. The molecule has 0 aliphatic heterocycles. The molecule has 0 radical (unpaired) electrons. The molecule has 132 valence electrons. The number of hydrogen-bond donors (Lipinski definition) is 2. The van der Waals surface area contributed by atoms with E-state index in [2.05, 4.69) is 5.32 Å². The molecule has 7 heteroatoms. The van der Waals surface area contributed by atoms with E-state index in [1.807, 2.05) is 0 Å². The van der Waals surface area contributed by atoms with Crippen molar-refractivity contribution in [1.29, 1.82) is 0 Å². The Balaban J connectivity index is 2.28. The minimum absolute atomic E-state index is 0.0584. The summed E-state index contributed by atoms with van der Waals surface area (Å²) in [5, 5.41) is 12.3. The number of carbonyl (C=O) groups is 2. The van der Waals surface area contributed by atoms with Crippen LogP contribution in [0, 0.1) is 0 Å². The standard InChI is InChI=1S/C17H23NO5S/c1-2-24(22,23)14-9-7-8-13(12-14)15(19)18-17(16(20)21)10-5-3-4-6-11-17/h7-9,12H,2-6,10-11H2,1H3,(H,18,19)(H,20,21). The second-order valence-electron chi connectivity index (χ2n) is 6.19. The highest BCUT2D eigenvalue weighted by atomic mass is 32.2. The highest BCUT2D eigenvalue weighted by Gasteiger charge is 2.40.